The molecule has 0 aromatic heterocycles. The molecule has 0 bridgehead atoms. The summed E-state index contributed by atoms with van der Waals surface area (Å²) in [5.74, 6) is 0.143. The van der Waals surface area contributed by atoms with Gasteiger partial charge < -0.3 is 19.3 Å². The van der Waals surface area contributed by atoms with Crippen LogP contribution in [0.2, 0.25) is 0 Å². The van der Waals surface area contributed by atoms with Gasteiger partial charge in [0.05, 0.1) is 26.3 Å². The molecule has 0 aromatic rings. The first-order valence-electron chi connectivity index (χ1n) is 8.48. The molecular weight excluding hydrogens is 303 g/mol. The predicted molar refractivity (Wildman–Crippen MR) is 78.5 cm³/mol. The van der Waals surface area contributed by atoms with Crippen molar-refractivity contribution in [2.75, 3.05) is 46.0 Å². The average Bonchev–Trinajstić information content (AvgIpc) is 3.42. The van der Waals surface area contributed by atoms with Gasteiger partial charge in [0.1, 0.15) is 12.2 Å². The average molecular weight is 326 g/mol. The lowest BCUT2D eigenvalue weighted by atomic mass is 10.0. The summed E-state index contributed by atoms with van der Waals surface area (Å²) >= 11 is 0. The Morgan fingerprint density at radius 2 is 2.09 bits per heavy atom. The number of ether oxygens (including phenoxy) is 2. The number of alkyl halides is 1. The zero-order valence-corrected chi connectivity index (χ0v) is 13.3. The van der Waals surface area contributed by atoms with Crippen LogP contribution in [0.3, 0.4) is 0 Å². The molecule has 0 radical (unpaired) electrons. The Kier molecular flexibility index (Phi) is 3.61. The SMILES string of the molecule is O=C1COC2(COCCN(C(=O)C3(F)CC3)C2)CN1CC1CC1. The minimum atomic E-state index is -1.68. The molecule has 23 heavy (non-hydrogen) atoms. The molecule has 2 amide bonds. The van der Waals surface area contributed by atoms with Crippen LogP contribution in [-0.4, -0.2) is 78.9 Å². The number of carbonyl (C=O) groups excluding carboxylic acids is 2. The Balaban J connectivity index is 1.48. The number of rotatable bonds is 3. The molecule has 2 aliphatic heterocycles. The first-order valence-corrected chi connectivity index (χ1v) is 8.48. The van der Waals surface area contributed by atoms with Crippen LogP contribution < -0.4 is 0 Å². The van der Waals surface area contributed by atoms with Crippen molar-refractivity contribution in [3.63, 3.8) is 0 Å². The fraction of sp³-hybridized carbons (Fsp3) is 0.875. The van der Waals surface area contributed by atoms with E-state index in [4.69, 9.17) is 9.47 Å². The molecule has 1 unspecified atom stereocenters. The second-order valence-corrected chi connectivity index (χ2v) is 7.43. The van der Waals surface area contributed by atoms with Crippen molar-refractivity contribution < 1.29 is 23.5 Å². The quantitative estimate of drug-likeness (QED) is 0.751. The van der Waals surface area contributed by atoms with Crippen LogP contribution in [0.25, 0.3) is 0 Å². The first-order chi connectivity index (χ1) is 11.0. The monoisotopic (exact) mass is 326 g/mol. The summed E-state index contributed by atoms with van der Waals surface area (Å²) in [5.41, 5.74) is -2.40. The summed E-state index contributed by atoms with van der Waals surface area (Å²) in [5, 5.41) is 0. The molecule has 6 nitrogen and oxygen atoms in total. The number of amides is 2. The van der Waals surface area contributed by atoms with Gasteiger partial charge in [-0.15, -0.1) is 0 Å². The Morgan fingerprint density at radius 3 is 2.78 bits per heavy atom. The zero-order valence-electron chi connectivity index (χ0n) is 13.3. The van der Waals surface area contributed by atoms with Gasteiger partial charge in [-0.1, -0.05) is 0 Å². The van der Waals surface area contributed by atoms with Gasteiger partial charge in [-0.25, -0.2) is 4.39 Å². The molecule has 2 heterocycles. The van der Waals surface area contributed by atoms with Gasteiger partial charge in [-0.05, 0) is 31.6 Å². The standard InChI is InChI=1S/C16H23FN2O4/c17-16(3-4-16)14(21)18-5-6-22-11-15(9-18)10-19(7-12-1-2-12)13(20)8-23-15/h12H,1-11H2. The van der Waals surface area contributed by atoms with Crippen molar-refractivity contribution in [2.45, 2.75) is 37.0 Å². The summed E-state index contributed by atoms with van der Waals surface area (Å²) < 4.78 is 25.6. The molecule has 4 rings (SSSR count). The smallest absolute Gasteiger partial charge is 0.260 e. The second-order valence-electron chi connectivity index (χ2n) is 7.43. The zero-order chi connectivity index (χ0) is 16.1. The van der Waals surface area contributed by atoms with Gasteiger partial charge in [-0.2, -0.15) is 0 Å². The lowest BCUT2D eigenvalue weighted by molar-refractivity contribution is -0.175. The van der Waals surface area contributed by atoms with Crippen molar-refractivity contribution in [3.8, 4) is 0 Å². The van der Waals surface area contributed by atoms with Crippen molar-refractivity contribution in [1.82, 2.24) is 9.80 Å². The normalized spacial score (nSPS) is 33.7. The van der Waals surface area contributed by atoms with E-state index in [1.165, 1.54) is 17.7 Å². The number of nitrogens with zero attached hydrogens (tertiary/aromatic N) is 2. The van der Waals surface area contributed by atoms with E-state index in [1.807, 2.05) is 4.90 Å². The van der Waals surface area contributed by atoms with Crippen LogP contribution in [0.15, 0.2) is 0 Å². The van der Waals surface area contributed by atoms with Crippen LogP contribution in [0.5, 0.6) is 0 Å². The molecule has 0 N–H and O–H groups in total. The van der Waals surface area contributed by atoms with E-state index in [0.717, 1.165) is 6.54 Å². The third-order valence-electron chi connectivity index (χ3n) is 5.22. The van der Waals surface area contributed by atoms with Crippen molar-refractivity contribution >= 4 is 11.8 Å². The van der Waals surface area contributed by atoms with E-state index in [1.54, 1.807) is 0 Å². The van der Waals surface area contributed by atoms with E-state index >= 15 is 0 Å². The van der Waals surface area contributed by atoms with Gasteiger partial charge in [-0.3, -0.25) is 9.59 Å². The maximum absolute atomic E-state index is 14.1. The topological polar surface area (TPSA) is 59.1 Å². The Morgan fingerprint density at radius 1 is 1.30 bits per heavy atom. The van der Waals surface area contributed by atoms with Crippen LogP contribution in [0, 0.1) is 5.92 Å². The number of halogens is 1. The Hall–Kier alpha value is -1.21. The summed E-state index contributed by atoms with van der Waals surface area (Å²) in [7, 11) is 0. The maximum atomic E-state index is 14.1. The molecule has 1 atom stereocenters. The van der Waals surface area contributed by atoms with E-state index in [9.17, 15) is 14.0 Å². The highest BCUT2D eigenvalue weighted by atomic mass is 19.1. The third kappa shape index (κ3) is 3.08. The largest absolute Gasteiger partial charge is 0.376 e. The number of morpholine rings is 1. The highest BCUT2D eigenvalue weighted by molar-refractivity contribution is 5.88. The summed E-state index contributed by atoms with van der Waals surface area (Å²) in [6.45, 7) is 2.58. The Labute approximate surface area is 134 Å². The first kappa shape index (κ1) is 15.3. The van der Waals surface area contributed by atoms with Crippen molar-refractivity contribution in [2.24, 2.45) is 5.92 Å². The van der Waals surface area contributed by atoms with Gasteiger partial charge in [0.2, 0.25) is 5.91 Å². The lowest BCUT2D eigenvalue weighted by Gasteiger charge is -2.43. The lowest BCUT2D eigenvalue weighted by Crippen LogP contribution is -2.61. The van der Waals surface area contributed by atoms with E-state index in [0.29, 0.717) is 51.6 Å². The maximum Gasteiger partial charge on any atom is 0.260 e. The minimum Gasteiger partial charge on any atom is -0.376 e. The third-order valence-corrected chi connectivity index (χ3v) is 5.22. The fourth-order valence-electron chi connectivity index (χ4n) is 3.43. The minimum absolute atomic E-state index is 0.00574. The molecule has 4 aliphatic rings. The van der Waals surface area contributed by atoms with Gasteiger partial charge >= 0.3 is 0 Å². The molecule has 128 valence electrons. The highest BCUT2D eigenvalue weighted by Crippen LogP contribution is 2.42. The van der Waals surface area contributed by atoms with Crippen molar-refractivity contribution in [1.29, 1.82) is 0 Å². The predicted octanol–water partition coefficient (Wildman–Crippen LogP) is 0.355. The van der Waals surface area contributed by atoms with Crippen molar-refractivity contribution in [3.05, 3.63) is 0 Å². The van der Waals surface area contributed by atoms with Crippen LogP contribution in [0.1, 0.15) is 25.7 Å². The van der Waals surface area contributed by atoms with Crippen LogP contribution >= 0.6 is 0 Å². The van der Waals surface area contributed by atoms with E-state index < -0.39 is 17.2 Å². The summed E-state index contributed by atoms with van der Waals surface area (Å²) in [4.78, 5) is 27.8. The molecule has 1 spiro atoms. The van der Waals surface area contributed by atoms with Crippen LogP contribution in [0.4, 0.5) is 4.39 Å². The highest BCUT2D eigenvalue weighted by Gasteiger charge is 2.54. The number of hydrogen-bond acceptors (Lipinski definition) is 4. The van der Waals surface area contributed by atoms with E-state index in [2.05, 4.69) is 0 Å². The molecule has 7 heteroatoms. The molecule has 0 aromatic carbocycles. The summed E-state index contributed by atoms with van der Waals surface area (Å²) in [6, 6.07) is 0. The van der Waals surface area contributed by atoms with Crippen LogP contribution in [-0.2, 0) is 19.1 Å². The number of hydrogen-bond donors (Lipinski definition) is 0. The van der Waals surface area contributed by atoms with Gasteiger partial charge in [0.25, 0.3) is 5.91 Å². The second kappa shape index (κ2) is 5.41. The van der Waals surface area contributed by atoms with E-state index in [-0.39, 0.29) is 12.5 Å². The summed E-state index contributed by atoms with van der Waals surface area (Å²) in [6.07, 6.45) is 2.96. The molecular formula is C16H23FN2O4. The number of carbonyl (C=O) groups is 2. The Bertz CT molecular complexity index is 520. The molecule has 2 saturated heterocycles. The molecule has 2 saturated carbocycles. The van der Waals surface area contributed by atoms with Gasteiger partial charge in [0, 0.05) is 13.1 Å². The van der Waals surface area contributed by atoms with Gasteiger partial charge in [0.15, 0.2) is 5.67 Å². The fourth-order valence-corrected chi connectivity index (χ4v) is 3.43. The molecule has 2 aliphatic carbocycles. The molecule has 4 fully saturated rings.